The summed E-state index contributed by atoms with van der Waals surface area (Å²) in [6.45, 7) is 7.06. The van der Waals surface area contributed by atoms with Crippen molar-refractivity contribution >= 4 is 17.4 Å². The number of alkyl halides is 1. The molecule has 0 aliphatic carbocycles. The van der Waals surface area contributed by atoms with E-state index >= 15 is 0 Å². The van der Waals surface area contributed by atoms with E-state index in [-0.39, 0.29) is 6.10 Å². The van der Waals surface area contributed by atoms with Crippen molar-refractivity contribution in [3.05, 3.63) is 23.4 Å². The van der Waals surface area contributed by atoms with Crippen LogP contribution in [-0.4, -0.2) is 30.8 Å². The second-order valence-electron chi connectivity index (χ2n) is 5.19. The van der Waals surface area contributed by atoms with Gasteiger partial charge < -0.3 is 9.64 Å². The van der Waals surface area contributed by atoms with Crippen molar-refractivity contribution in [2.75, 3.05) is 24.6 Å². The molecule has 0 amide bonds. The molecule has 0 radical (unpaired) electrons. The average molecular weight is 283 g/mol. The zero-order chi connectivity index (χ0) is 13.7. The van der Waals surface area contributed by atoms with Gasteiger partial charge >= 0.3 is 0 Å². The van der Waals surface area contributed by atoms with Gasteiger partial charge in [-0.2, -0.15) is 0 Å². The van der Waals surface area contributed by atoms with Gasteiger partial charge in [-0.05, 0) is 37.5 Å². The number of nitrogens with zero attached hydrogens (tertiary/aromatic N) is 2. The summed E-state index contributed by atoms with van der Waals surface area (Å²) in [7, 11) is 0. The van der Waals surface area contributed by atoms with Gasteiger partial charge in [0, 0.05) is 31.3 Å². The van der Waals surface area contributed by atoms with Gasteiger partial charge in [0.15, 0.2) is 0 Å². The van der Waals surface area contributed by atoms with Crippen LogP contribution >= 0.6 is 11.6 Å². The van der Waals surface area contributed by atoms with Crippen molar-refractivity contribution in [2.45, 2.75) is 45.1 Å². The van der Waals surface area contributed by atoms with Crippen molar-refractivity contribution in [2.24, 2.45) is 0 Å². The van der Waals surface area contributed by atoms with Gasteiger partial charge in [-0.25, -0.2) is 4.98 Å². The molecule has 1 aliphatic rings. The first-order valence-corrected chi connectivity index (χ1v) is 7.68. The van der Waals surface area contributed by atoms with Crippen LogP contribution in [0.15, 0.2) is 12.1 Å². The highest BCUT2D eigenvalue weighted by Gasteiger charge is 2.17. The SMILES string of the molecule is CCCc1cc(CCl)cc(N2CCCOC(C)C2)n1. The molecule has 0 saturated carbocycles. The number of anilines is 1. The average Bonchev–Trinajstić information content (AvgIpc) is 2.63. The fourth-order valence-corrected chi connectivity index (χ4v) is 2.61. The van der Waals surface area contributed by atoms with Crippen molar-refractivity contribution in [1.29, 1.82) is 0 Å². The molecule has 2 rings (SSSR count). The zero-order valence-corrected chi connectivity index (χ0v) is 12.6. The number of pyridine rings is 1. The Labute approximate surface area is 120 Å². The fraction of sp³-hybridized carbons (Fsp3) is 0.667. The van der Waals surface area contributed by atoms with Crippen molar-refractivity contribution in [3.8, 4) is 0 Å². The van der Waals surface area contributed by atoms with Crippen LogP contribution in [0.25, 0.3) is 0 Å². The van der Waals surface area contributed by atoms with E-state index in [9.17, 15) is 0 Å². The molecule has 1 aliphatic heterocycles. The van der Waals surface area contributed by atoms with Crippen LogP contribution in [0.2, 0.25) is 0 Å². The standard InChI is InChI=1S/C15H23ClN2O/c1-3-5-14-8-13(10-16)9-15(17-14)18-6-4-7-19-12(2)11-18/h8-9,12H,3-7,10-11H2,1-2H3. The molecule has 1 aromatic rings. The van der Waals surface area contributed by atoms with E-state index in [2.05, 4.69) is 30.9 Å². The van der Waals surface area contributed by atoms with Gasteiger partial charge in [-0.1, -0.05) is 13.3 Å². The van der Waals surface area contributed by atoms with Crippen molar-refractivity contribution < 1.29 is 4.74 Å². The Kier molecular flexibility index (Phi) is 5.46. The third kappa shape index (κ3) is 4.08. The van der Waals surface area contributed by atoms with E-state index in [1.165, 1.54) is 0 Å². The van der Waals surface area contributed by atoms with Gasteiger partial charge in [-0.15, -0.1) is 11.6 Å². The van der Waals surface area contributed by atoms with E-state index in [0.717, 1.165) is 56.0 Å². The van der Waals surface area contributed by atoms with Gasteiger partial charge in [-0.3, -0.25) is 0 Å². The minimum Gasteiger partial charge on any atom is -0.377 e. The lowest BCUT2D eigenvalue weighted by Crippen LogP contribution is -2.31. The number of halogens is 1. The topological polar surface area (TPSA) is 25.4 Å². The van der Waals surface area contributed by atoms with E-state index in [1.54, 1.807) is 0 Å². The quantitative estimate of drug-likeness (QED) is 0.792. The number of rotatable bonds is 4. The van der Waals surface area contributed by atoms with E-state index in [0.29, 0.717) is 5.88 Å². The first kappa shape index (κ1) is 14.6. The molecule has 106 valence electrons. The summed E-state index contributed by atoms with van der Waals surface area (Å²) in [6, 6.07) is 4.24. The molecule has 0 bridgehead atoms. The maximum atomic E-state index is 6.00. The summed E-state index contributed by atoms with van der Waals surface area (Å²) in [5.41, 5.74) is 2.31. The Balaban J connectivity index is 2.23. The molecule has 1 aromatic heterocycles. The Morgan fingerprint density at radius 2 is 2.32 bits per heavy atom. The highest BCUT2D eigenvalue weighted by molar-refractivity contribution is 6.17. The minimum atomic E-state index is 0.263. The van der Waals surface area contributed by atoms with Crippen LogP contribution in [0.5, 0.6) is 0 Å². The number of aryl methyl sites for hydroxylation is 1. The number of ether oxygens (including phenoxy) is 1. The summed E-state index contributed by atoms with van der Waals surface area (Å²) in [5, 5.41) is 0. The fourth-order valence-electron chi connectivity index (χ4n) is 2.46. The molecular formula is C15H23ClN2O. The van der Waals surface area contributed by atoms with E-state index in [1.807, 2.05) is 0 Å². The highest BCUT2D eigenvalue weighted by Crippen LogP contribution is 2.20. The van der Waals surface area contributed by atoms with Crippen molar-refractivity contribution in [3.63, 3.8) is 0 Å². The Bertz CT molecular complexity index is 411. The molecule has 0 aromatic carbocycles. The van der Waals surface area contributed by atoms with Crippen LogP contribution in [0.1, 0.15) is 37.9 Å². The van der Waals surface area contributed by atoms with Crippen LogP contribution in [0, 0.1) is 0 Å². The zero-order valence-electron chi connectivity index (χ0n) is 11.9. The van der Waals surface area contributed by atoms with Gasteiger partial charge in [0.05, 0.1) is 6.10 Å². The molecular weight excluding hydrogens is 260 g/mol. The maximum absolute atomic E-state index is 6.00. The largest absolute Gasteiger partial charge is 0.377 e. The second kappa shape index (κ2) is 7.11. The number of hydrogen-bond acceptors (Lipinski definition) is 3. The summed E-state index contributed by atoms with van der Waals surface area (Å²) >= 11 is 6.00. The Morgan fingerprint density at radius 1 is 1.47 bits per heavy atom. The number of hydrogen-bond donors (Lipinski definition) is 0. The third-order valence-corrected chi connectivity index (χ3v) is 3.67. The molecule has 1 fully saturated rings. The first-order valence-electron chi connectivity index (χ1n) is 7.15. The molecule has 0 spiro atoms. The van der Waals surface area contributed by atoms with Gasteiger partial charge in [0.25, 0.3) is 0 Å². The second-order valence-corrected chi connectivity index (χ2v) is 5.46. The summed E-state index contributed by atoms with van der Waals surface area (Å²) in [5.74, 6) is 1.60. The van der Waals surface area contributed by atoms with Crippen molar-refractivity contribution in [1.82, 2.24) is 4.98 Å². The first-order chi connectivity index (χ1) is 9.22. The molecule has 1 unspecified atom stereocenters. The molecule has 4 heteroatoms. The lowest BCUT2D eigenvalue weighted by Gasteiger charge is -2.24. The third-order valence-electron chi connectivity index (χ3n) is 3.36. The normalized spacial score (nSPS) is 20.4. The van der Waals surface area contributed by atoms with Crippen LogP contribution in [0.3, 0.4) is 0 Å². The summed E-state index contributed by atoms with van der Waals surface area (Å²) in [6.07, 6.45) is 3.44. The minimum absolute atomic E-state index is 0.263. The molecule has 1 saturated heterocycles. The molecule has 2 heterocycles. The summed E-state index contributed by atoms with van der Waals surface area (Å²) < 4.78 is 5.69. The lowest BCUT2D eigenvalue weighted by atomic mass is 10.1. The van der Waals surface area contributed by atoms with Crippen LogP contribution < -0.4 is 4.90 Å². The van der Waals surface area contributed by atoms with Gasteiger partial charge in [0.2, 0.25) is 0 Å². The lowest BCUT2D eigenvalue weighted by molar-refractivity contribution is 0.0820. The van der Waals surface area contributed by atoms with Crippen LogP contribution in [-0.2, 0) is 17.0 Å². The summed E-state index contributed by atoms with van der Waals surface area (Å²) in [4.78, 5) is 7.11. The monoisotopic (exact) mass is 282 g/mol. The predicted octanol–water partition coefficient (Wildman–Crippen LogP) is 3.39. The predicted molar refractivity (Wildman–Crippen MR) is 80.0 cm³/mol. The maximum Gasteiger partial charge on any atom is 0.129 e. The smallest absolute Gasteiger partial charge is 0.129 e. The Hall–Kier alpha value is -0.800. The number of aromatic nitrogens is 1. The molecule has 3 nitrogen and oxygen atoms in total. The molecule has 0 N–H and O–H groups in total. The van der Waals surface area contributed by atoms with E-state index < -0.39 is 0 Å². The highest BCUT2D eigenvalue weighted by atomic mass is 35.5. The van der Waals surface area contributed by atoms with Crippen LogP contribution in [0.4, 0.5) is 5.82 Å². The molecule has 19 heavy (non-hydrogen) atoms. The molecule has 1 atom stereocenters. The Morgan fingerprint density at radius 3 is 3.05 bits per heavy atom. The van der Waals surface area contributed by atoms with E-state index in [4.69, 9.17) is 21.3 Å². The van der Waals surface area contributed by atoms with Gasteiger partial charge in [0.1, 0.15) is 5.82 Å².